The highest BCUT2D eigenvalue weighted by Crippen LogP contribution is 2.15. The summed E-state index contributed by atoms with van der Waals surface area (Å²) in [6, 6.07) is 5.62. The second kappa shape index (κ2) is 6.75. The lowest BCUT2D eigenvalue weighted by Gasteiger charge is -2.14. The second-order valence-electron chi connectivity index (χ2n) is 4.55. The molecule has 0 saturated heterocycles. The Kier molecular flexibility index (Phi) is 4.77. The van der Waals surface area contributed by atoms with Crippen molar-refractivity contribution >= 4 is 17.5 Å². The van der Waals surface area contributed by atoms with E-state index in [1.165, 1.54) is 0 Å². The topological polar surface area (TPSA) is 71.1 Å². The third kappa shape index (κ3) is 3.85. The average Bonchev–Trinajstić information content (AvgIpc) is 2.50. The lowest BCUT2D eigenvalue weighted by Crippen LogP contribution is -2.37. The number of amides is 2. The number of benzene rings is 1. The molecule has 1 aromatic carbocycles. The zero-order valence-corrected chi connectivity index (χ0v) is 11.6. The van der Waals surface area contributed by atoms with Gasteiger partial charge in [-0.25, -0.2) is 8.78 Å². The van der Waals surface area contributed by atoms with Crippen LogP contribution in [0.4, 0.5) is 14.5 Å². The van der Waals surface area contributed by atoms with E-state index in [0.29, 0.717) is 6.07 Å². The fourth-order valence-corrected chi connectivity index (χ4v) is 1.77. The van der Waals surface area contributed by atoms with Crippen molar-refractivity contribution in [2.24, 2.45) is 0 Å². The molecule has 7 heteroatoms. The fraction of sp³-hybridized carbons (Fsp3) is 0.133. The Bertz CT molecular complexity index is 692. The standard InChI is InChI=1S/C15H13F2N3O2/c1-9(10-4-6-18-7-5-10)19-14(21)15(22)20-13-3-2-11(16)8-12(13)17/h2-9H,1H3,(H,19,21)(H,20,22). The van der Waals surface area contributed by atoms with Crippen molar-refractivity contribution in [3.05, 3.63) is 59.9 Å². The number of hydrogen-bond donors (Lipinski definition) is 2. The first-order valence-electron chi connectivity index (χ1n) is 6.44. The summed E-state index contributed by atoms with van der Waals surface area (Å²) in [7, 11) is 0. The van der Waals surface area contributed by atoms with Gasteiger partial charge in [-0.05, 0) is 36.8 Å². The zero-order chi connectivity index (χ0) is 16.1. The van der Waals surface area contributed by atoms with Crippen molar-refractivity contribution in [1.82, 2.24) is 10.3 Å². The lowest BCUT2D eigenvalue weighted by molar-refractivity contribution is -0.136. The van der Waals surface area contributed by atoms with Gasteiger partial charge in [0.25, 0.3) is 0 Å². The molecule has 0 fully saturated rings. The highest BCUT2D eigenvalue weighted by atomic mass is 19.1. The van der Waals surface area contributed by atoms with Gasteiger partial charge in [0.15, 0.2) is 0 Å². The molecule has 0 aliphatic carbocycles. The van der Waals surface area contributed by atoms with Crippen LogP contribution in [0.5, 0.6) is 0 Å². The zero-order valence-electron chi connectivity index (χ0n) is 11.6. The summed E-state index contributed by atoms with van der Waals surface area (Å²) in [5.41, 5.74) is 0.502. The van der Waals surface area contributed by atoms with E-state index in [2.05, 4.69) is 15.6 Å². The van der Waals surface area contributed by atoms with Crippen LogP contribution in [-0.4, -0.2) is 16.8 Å². The number of aromatic nitrogens is 1. The molecule has 0 bridgehead atoms. The average molecular weight is 305 g/mol. The molecule has 1 aromatic heterocycles. The van der Waals surface area contributed by atoms with E-state index in [4.69, 9.17) is 0 Å². The minimum absolute atomic E-state index is 0.266. The van der Waals surface area contributed by atoms with Crippen LogP contribution in [-0.2, 0) is 9.59 Å². The summed E-state index contributed by atoms with van der Waals surface area (Å²) in [5.74, 6) is -3.69. The molecular formula is C15H13F2N3O2. The van der Waals surface area contributed by atoms with E-state index < -0.39 is 29.5 Å². The molecule has 2 amide bonds. The normalized spacial score (nSPS) is 11.6. The summed E-state index contributed by atoms with van der Waals surface area (Å²) in [4.78, 5) is 27.3. The Hall–Kier alpha value is -2.83. The minimum Gasteiger partial charge on any atom is -0.341 e. The molecular weight excluding hydrogens is 292 g/mol. The number of anilines is 1. The van der Waals surface area contributed by atoms with E-state index in [1.807, 2.05) is 0 Å². The van der Waals surface area contributed by atoms with Crippen LogP contribution < -0.4 is 10.6 Å². The number of nitrogens with one attached hydrogen (secondary N) is 2. The van der Waals surface area contributed by atoms with Crippen LogP contribution in [0.3, 0.4) is 0 Å². The smallest absolute Gasteiger partial charge is 0.313 e. The van der Waals surface area contributed by atoms with E-state index in [-0.39, 0.29) is 5.69 Å². The number of nitrogens with zero attached hydrogens (tertiary/aromatic N) is 1. The van der Waals surface area contributed by atoms with Crippen molar-refractivity contribution < 1.29 is 18.4 Å². The molecule has 0 aliphatic heterocycles. The third-order valence-corrected chi connectivity index (χ3v) is 2.94. The first-order valence-corrected chi connectivity index (χ1v) is 6.44. The minimum atomic E-state index is -1.04. The molecule has 5 nitrogen and oxygen atoms in total. The Balaban J connectivity index is 1.99. The van der Waals surface area contributed by atoms with Crippen molar-refractivity contribution in [1.29, 1.82) is 0 Å². The SMILES string of the molecule is CC(NC(=O)C(=O)Nc1ccc(F)cc1F)c1ccncc1. The van der Waals surface area contributed by atoms with Gasteiger partial charge in [0.2, 0.25) is 0 Å². The molecule has 0 radical (unpaired) electrons. The van der Waals surface area contributed by atoms with Crippen LogP contribution in [0.15, 0.2) is 42.7 Å². The maximum Gasteiger partial charge on any atom is 0.313 e. The molecule has 2 aromatic rings. The second-order valence-corrected chi connectivity index (χ2v) is 4.55. The monoisotopic (exact) mass is 305 g/mol. The number of halogens is 2. The van der Waals surface area contributed by atoms with Crippen LogP contribution in [0.2, 0.25) is 0 Å². The predicted octanol–water partition coefficient (Wildman–Crippen LogP) is 2.18. The van der Waals surface area contributed by atoms with Gasteiger partial charge in [-0.2, -0.15) is 0 Å². The molecule has 114 valence electrons. The van der Waals surface area contributed by atoms with Gasteiger partial charge in [0, 0.05) is 18.5 Å². The van der Waals surface area contributed by atoms with E-state index in [1.54, 1.807) is 31.5 Å². The quantitative estimate of drug-likeness (QED) is 0.854. The molecule has 0 spiro atoms. The number of pyridine rings is 1. The molecule has 2 N–H and O–H groups in total. The summed E-state index contributed by atoms with van der Waals surface area (Å²) in [6.45, 7) is 1.69. The van der Waals surface area contributed by atoms with Gasteiger partial charge in [-0.15, -0.1) is 0 Å². The molecule has 22 heavy (non-hydrogen) atoms. The van der Waals surface area contributed by atoms with Crippen molar-refractivity contribution in [2.45, 2.75) is 13.0 Å². The summed E-state index contributed by atoms with van der Waals surface area (Å²) < 4.78 is 26.2. The Morgan fingerprint density at radius 3 is 2.41 bits per heavy atom. The van der Waals surface area contributed by atoms with Crippen molar-refractivity contribution in [2.75, 3.05) is 5.32 Å². The Morgan fingerprint density at radius 1 is 1.09 bits per heavy atom. The number of carbonyl (C=O) groups excluding carboxylic acids is 2. The van der Waals surface area contributed by atoms with Gasteiger partial charge >= 0.3 is 11.8 Å². The molecule has 0 aliphatic rings. The third-order valence-electron chi connectivity index (χ3n) is 2.94. The summed E-state index contributed by atoms with van der Waals surface area (Å²) >= 11 is 0. The maximum absolute atomic E-state index is 13.4. The van der Waals surface area contributed by atoms with E-state index in [0.717, 1.165) is 17.7 Å². The molecule has 0 saturated carbocycles. The van der Waals surface area contributed by atoms with Crippen LogP contribution >= 0.6 is 0 Å². The lowest BCUT2D eigenvalue weighted by atomic mass is 10.1. The Morgan fingerprint density at radius 2 is 1.77 bits per heavy atom. The van der Waals surface area contributed by atoms with Gasteiger partial charge in [-0.1, -0.05) is 0 Å². The first kappa shape index (κ1) is 15.6. The molecule has 1 heterocycles. The van der Waals surface area contributed by atoms with Gasteiger partial charge < -0.3 is 10.6 Å². The van der Waals surface area contributed by atoms with Crippen molar-refractivity contribution in [3.63, 3.8) is 0 Å². The van der Waals surface area contributed by atoms with Crippen LogP contribution in [0.1, 0.15) is 18.5 Å². The highest BCUT2D eigenvalue weighted by Gasteiger charge is 2.18. The van der Waals surface area contributed by atoms with Crippen LogP contribution in [0.25, 0.3) is 0 Å². The Labute approximate surface area is 125 Å². The van der Waals surface area contributed by atoms with E-state index in [9.17, 15) is 18.4 Å². The molecule has 1 atom stereocenters. The number of carbonyl (C=O) groups is 2. The summed E-state index contributed by atoms with van der Waals surface area (Å²) in [6.07, 6.45) is 3.12. The maximum atomic E-state index is 13.4. The van der Waals surface area contributed by atoms with Crippen molar-refractivity contribution in [3.8, 4) is 0 Å². The fourth-order valence-electron chi connectivity index (χ4n) is 1.77. The summed E-state index contributed by atoms with van der Waals surface area (Å²) in [5, 5.41) is 4.56. The van der Waals surface area contributed by atoms with Crippen LogP contribution in [0, 0.1) is 11.6 Å². The largest absolute Gasteiger partial charge is 0.341 e. The van der Waals surface area contributed by atoms with Gasteiger partial charge in [0.1, 0.15) is 11.6 Å². The molecule has 2 rings (SSSR count). The van der Waals surface area contributed by atoms with E-state index >= 15 is 0 Å². The first-order chi connectivity index (χ1) is 10.5. The highest BCUT2D eigenvalue weighted by molar-refractivity contribution is 6.39. The van der Waals surface area contributed by atoms with Gasteiger partial charge in [-0.3, -0.25) is 14.6 Å². The number of hydrogen-bond acceptors (Lipinski definition) is 3. The number of rotatable bonds is 3. The molecule has 1 unspecified atom stereocenters. The predicted molar refractivity (Wildman–Crippen MR) is 75.8 cm³/mol. The van der Waals surface area contributed by atoms with Gasteiger partial charge in [0.05, 0.1) is 11.7 Å².